The smallest absolute Gasteiger partial charge is 0.306 e. The molecule has 25 heavy (non-hydrogen) atoms. The summed E-state index contributed by atoms with van der Waals surface area (Å²) in [6.07, 6.45) is 0.273. The number of methoxy groups -OCH3 is 2. The van der Waals surface area contributed by atoms with Gasteiger partial charge in [-0.1, -0.05) is 19.9 Å². The molecule has 0 spiro atoms. The van der Waals surface area contributed by atoms with Crippen molar-refractivity contribution in [3.63, 3.8) is 0 Å². The molecule has 0 saturated carbocycles. The number of hydrogen-bond donors (Lipinski definition) is 1. The van der Waals surface area contributed by atoms with Gasteiger partial charge in [0, 0.05) is 19.6 Å². The van der Waals surface area contributed by atoms with Gasteiger partial charge in [-0.3, -0.25) is 4.79 Å². The molecule has 2 atom stereocenters. The Bertz CT molecular complexity index is 577. The lowest BCUT2D eigenvalue weighted by Crippen LogP contribution is -2.48. The van der Waals surface area contributed by atoms with Gasteiger partial charge in [0.2, 0.25) is 0 Å². The Balaban J connectivity index is 2.24. The Morgan fingerprint density at radius 2 is 2.16 bits per heavy atom. The van der Waals surface area contributed by atoms with Crippen LogP contribution in [0.5, 0.6) is 0 Å². The van der Waals surface area contributed by atoms with Crippen LogP contribution in [0.25, 0.3) is 0 Å². The predicted molar refractivity (Wildman–Crippen MR) is 98.9 cm³/mol. The fourth-order valence-corrected chi connectivity index (χ4v) is 3.32. The number of morpholine rings is 1. The molecule has 0 aromatic heterocycles. The van der Waals surface area contributed by atoms with Crippen molar-refractivity contribution in [3.05, 3.63) is 23.8 Å². The average molecular weight is 350 g/mol. The zero-order valence-electron chi connectivity index (χ0n) is 15.7. The number of nitrogen functional groups attached to an aromatic ring is 1. The van der Waals surface area contributed by atoms with Gasteiger partial charge in [0.15, 0.2) is 0 Å². The van der Waals surface area contributed by atoms with Gasteiger partial charge in [-0.05, 0) is 23.6 Å². The van der Waals surface area contributed by atoms with Crippen LogP contribution >= 0.6 is 0 Å². The maximum absolute atomic E-state index is 11.7. The van der Waals surface area contributed by atoms with Gasteiger partial charge in [-0.2, -0.15) is 0 Å². The Hall–Kier alpha value is -1.79. The summed E-state index contributed by atoms with van der Waals surface area (Å²) in [5, 5.41) is 0. The molecular formula is C19H30N2O4. The Kier molecular flexibility index (Phi) is 7.08. The number of anilines is 2. The molecule has 2 unspecified atom stereocenters. The molecule has 1 aliphatic heterocycles. The lowest BCUT2D eigenvalue weighted by molar-refractivity contribution is -0.141. The van der Waals surface area contributed by atoms with Gasteiger partial charge in [-0.15, -0.1) is 0 Å². The maximum atomic E-state index is 11.7. The van der Waals surface area contributed by atoms with E-state index in [1.807, 2.05) is 18.2 Å². The minimum atomic E-state index is -0.252. The molecule has 1 heterocycles. The monoisotopic (exact) mass is 350 g/mol. The number of esters is 1. The summed E-state index contributed by atoms with van der Waals surface area (Å²) in [4.78, 5) is 14.0. The molecule has 140 valence electrons. The average Bonchev–Trinajstić information content (AvgIpc) is 2.61. The van der Waals surface area contributed by atoms with E-state index in [2.05, 4.69) is 18.7 Å². The Labute approximate surface area is 150 Å². The molecule has 1 aliphatic rings. The van der Waals surface area contributed by atoms with Crippen molar-refractivity contribution in [1.82, 2.24) is 0 Å². The first-order valence-electron chi connectivity index (χ1n) is 8.77. The second kappa shape index (κ2) is 9.06. The van der Waals surface area contributed by atoms with Crippen molar-refractivity contribution in [2.45, 2.75) is 32.2 Å². The van der Waals surface area contributed by atoms with E-state index < -0.39 is 0 Å². The third-order valence-corrected chi connectivity index (χ3v) is 4.78. The standard InChI is InChI=1S/C19H30N2O4/c1-13(2)18-12-25-8-7-21(18)17-6-5-14(9-16(17)20)15(11-23-3)10-19(22)24-4/h5-6,9,13,15,18H,7-8,10-12,20H2,1-4H3. The normalized spacial score (nSPS) is 19.1. The lowest BCUT2D eigenvalue weighted by Gasteiger charge is -2.40. The predicted octanol–water partition coefficient (Wildman–Crippen LogP) is 2.42. The minimum absolute atomic E-state index is 0.0700. The zero-order valence-corrected chi connectivity index (χ0v) is 15.7. The van der Waals surface area contributed by atoms with Crippen LogP contribution in [0.4, 0.5) is 11.4 Å². The topological polar surface area (TPSA) is 74.0 Å². The van der Waals surface area contributed by atoms with Crippen LogP contribution in [-0.2, 0) is 19.0 Å². The number of nitrogens with two attached hydrogens (primary N) is 1. The van der Waals surface area contributed by atoms with E-state index >= 15 is 0 Å². The summed E-state index contributed by atoms with van der Waals surface area (Å²) >= 11 is 0. The zero-order chi connectivity index (χ0) is 18.4. The number of rotatable bonds is 7. The van der Waals surface area contributed by atoms with E-state index in [1.54, 1.807) is 7.11 Å². The molecule has 2 rings (SSSR count). The molecule has 1 aromatic carbocycles. The van der Waals surface area contributed by atoms with Crippen LogP contribution in [0.1, 0.15) is 31.7 Å². The summed E-state index contributed by atoms with van der Waals surface area (Å²) in [7, 11) is 3.02. The van der Waals surface area contributed by atoms with E-state index in [-0.39, 0.29) is 18.3 Å². The van der Waals surface area contributed by atoms with Crippen molar-refractivity contribution in [2.75, 3.05) is 51.2 Å². The van der Waals surface area contributed by atoms with Gasteiger partial charge < -0.3 is 24.8 Å². The molecule has 0 radical (unpaired) electrons. The summed E-state index contributed by atoms with van der Waals surface area (Å²) in [5.74, 6) is 0.150. The van der Waals surface area contributed by atoms with Crippen molar-refractivity contribution >= 4 is 17.3 Å². The van der Waals surface area contributed by atoms with E-state index in [4.69, 9.17) is 19.9 Å². The van der Waals surface area contributed by atoms with Gasteiger partial charge in [-0.25, -0.2) is 0 Å². The maximum Gasteiger partial charge on any atom is 0.306 e. The fourth-order valence-electron chi connectivity index (χ4n) is 3.32. The van der Waals surface area contributed by atoms with E-state index in [0.717, 1.165) is 23.5 Å². The number of benzene rings is 1. The first-order valence-corrected chi connectivity index (χ1v) is 8.77. The number of nitrogens with zero attached hydrogens (tertiary/aromatic N) is 1. The summed E-state index contributed by atoms with van der Waals surface area (Å²) in [6, 6.07) is 6.34. The second-order valence-corrected chi connectivity index (χ2v) is 6.83. The van der Waals surface area contributed by atoms with Crippen LogP contribution in [0.3, 0.4) is 0 Å². The molecule has 1 fully saturated rings. The number of carbonyl (C=O) groups excluding carboxylic acids is 1. The van der Waals surface area contributed by atoms with Crippen LogP contribution in [-0.4, -0.2) is 52.6 Å². The lowest BCUT2D eigenvalue weighted by atomic mass is 9.94. The number of hydrogen-bond acceptors (Lipinski definition) is 6. The molecule has 1 aromatic rings. The summed E-state index contributed by atoms with van der Waals surface area (Å²) in [5.41, 5.74) is 9.11. The van der Waals surface area contributed by atoms with Gasteiger partial charge in [0.1, 0.15) is 0 Å². The molecule has 6 heteroatoms. The third kappa shape index (κ3) is 4.86. The first kappa shape index (κ1) is 19.5. The second-order valence-electron chi connectivity index (χ2n) is 6.83. The molecule has 0 amide bonds. The summed E-state index contributed by atoms with van der Waals surface area (Å²) in [6.45, 7) is 7.09. The molecule has 0 aliphatic carbocycles. The number of carbonyl (C=O) groups is 1. The van der Waals surface area contributed by atoms with E-state index in [0.29, 0.717) is 31.8 Å². The van der Waals surface area contributed by atoms with E-state index in [1.165, 1.54) is 7.11 Å². The van der Waals surface area contributed by atoms with Crippen molar-refractivity contribution in [1.29, 1.82) is 0 Å². The highest BCUT2D eigenvalue weighted by Gasteiger charge is 2.27. The molecule has 6 nitrogen and oxygen atoms in total. The largest absolute Gasteiger partial charge is 0.469 e. The van der Waals surface area contributed by atoms with Crippen molar-refractivity contribution in [2.24, 2.45) is 5.92 Å². The molecule has 2 N–H and O–H groups in total. The Morgan fingerprint density at radius 3 is 2.76 bits per heavy atom. The molecule has 0 bridgehead atoms. The van der Waals surface area contributed by atoms with Crippen LogP contribution in [0.15, 0.2) is 18.2 Å². The summed E-state index contributed by atoms with van der Waals surface area (Å²) < 4.78 is 15.7. The highest BCUT2D eigenvalue weighted by Crippen LogP contribution is 2.32. The fraction of sp³-hybridized carbons (Fsp3) is 0.632. The van der Waals surface area contributed by atoms with E-state index in [9.17, 15) is 4.79 Å². The number of ether oxygens (including phenoxy) is 3. The third-order valence-electron chi connectivity index (χ3n) is 4.78. The van der Waals surface area contributed by atoms with Crippen molar-refractivity contribution < 1.29 is 19.0 Å². The SMILES string of the molecule is COCC(CC(=O)OC)c1ccc(N2CCOCC2C(C)C)c(N)c1. The van der Waals surface area contributed by atoms with Crippen LogP contribution in [0.2, 0.25) is 0 Å². The Morgan fingerprint density at radius 1 is 1.40 bits per heavy atom. The van der Waals surface area contributed by atoms with Crippen LogP contribution in [0, 0.1) is 5.92 Å². The molecule has 1 saturated heterocycles. The first-order chi connectivity index (χ1) is 12.0. The highest BCUT2D eigenvalue weighted by molar-refractivity contribution is 5.72. The van der Waals surface area contributed by atoms with Gasteiger partial charge >= 0.3 is 5.97 Å². The van der Waals surface area contributed by atoms with Gasteiger partial charge in [0.05, 0.1) is 50.8 Å². The van der Waals surface area contributed by atoms with Crippen molar-refractivity contribution in [3.8, 4) is 0 Å². The van der Waals surface area contributed by atoms with Crippen LogP contribution < -0.4 is 10.6 Å². The minimum Gasteiger partial charge on any atom is -0.469 e. The van der Waals surface area contributed by atoms with Gasteiger partial charge in [0.25, 0.3) is 0 Å². The molecular weight excluding hydrogens is 320 g/mol. The quantitative estimate of drug-likeness (QED) is 0.601. The highest BCUT2D eigenvalue weighted by atomic mass is 16.5.